The molecular formula is C31H32FN5OS. The summed E-state index contributed by atoms with van der Waals surface area (Å²) in [5.74, 6) is 1.43. The van der Waals surface area contributed by atoms with Crippen LogP contribution < -0.4 is 9.80 Å². The van der Waals surface area contributed by atoms with Gasteiger partial charge in [-0.2, -0.15) is 0 Å². The van der Waals surface area contributed by atoms with Gasteiger partial charge in [0.25, 0.3) is 5.91 Å². The van der Waals surface area contributed by atoms with Gasteiger partial charge in [0.05, 0.1) is 5.69 Å². The summed E-state index contributed by atoms with van der Waals surface area (Å²) in [6, 6.07) is 26.7. The molecule has 5 rings (SSSR count). The Balaban J connectivity index is 1.17. The molecule has 8 heteroatoms. The maximum absolute atomic E-state index is 14.2. The van der Waals surface area contributed by atoms with Crippen molar-refractivity contribution in [2.24, 2.45) is 0 Å². The van der Waals surface area contributed by atoms with Gasteiger partial charge in [0.2, 0.25) is 0 Å². The lowest BCUT2D eigenvalue weighted by Gasteiger charge is -2.37. The third-order valence-electron chi connectivity index (χ3n) is 6.80. The fraction of sp³-hybridized carbons (Fsp3) is 0.258. The van der Waals surface area contributed by atoms with Crippen LogP contribution in [0.3, 0.4) is 0 Å². The van der Waals surface area contributed by atoms with Crippen molar-refractivity contribution in [1.82, 2.24) is 14.9 Å². The van der Waals surface area contributed by atoms with Gasteiger partial charge in [-0.05, 0) is 42.3 Å². The van der Waals surface area contributed by atoms with Gasteiger partial charge in [0, 0.05) is 62.8 Å². The number of thioether (sulfide) groups is 1. The number of nitrogens with zero attached hydrogens (tertiary/aromatic N) is 5. The minimum atomic E-state index is -0.181. The Hall–Kier alpha value is -3.91. The third-order valence-corrected chi connectivity index (χ3v) is 7.71. The zero-order valence-corrected chi connectivity index (χ0v) is 23.1. The molecule has 1 amide bonds. The molecule has 6 nitrogen and oxygen atoms in total. The summed E-state index contributed by atoms with van der Waals surface area (Å²) in [7, 11) is 1.82. The molecule has 1 aliphatic rings. The number of halogens is 1. The van der Waals surface area contributed by atoms with E-state index >= 15 is 0 Å². The zero-order valence-electron chi connectivity index (χ0n) is 22.3. The lowest BCUT2D eigenvalue weighted by atomic mass is 10.1. The van der Waals surface area contributed by atoms with E-state index in [0.717, 1.165) is 54.0 Å². The molecule has 0 N–H and O–H groups in total. The van der Waals surface area contributed by atoms with Gasteiger partial charge >= 0.3 is 0 Å². The average Bonchev–Trinajstić information content (AvgIpc) is 2.96. The standard InChI is InChI=1S/C31H32FN5OS/c1-23-20-29(37-18-16-36(17-19-37)28-11-7-6-10-27(28)32)34-31(33-23)39-22-25-12-14-26(15-13-25)30(38)35(2)21-24-8-4-3-5-9-24/h3-15,20H,16-19,21-22H2,1-2H3. The Bertz CT molecular complexity index is 1410. The highest BCUT2D eigenvalue weighted by Gasteiger charge is 2.21. The molecule has 200 valence electrons. The predicted octanol–water partition coefficient (Wildman–Crippen LogP) is 5.82. The van der Waals surface area contributed by atoms with Crippen LogP contribution in [0.4, 0.5) is 15.9 Å². The van der Waals surface area contributed by atoms with Crippen LogP contribution in [-0.4, -0.2) is 54.0 Å². The highest BCUT2D eigenvalue weighted by atomic mass is 32.2. The zero-order chi connectivity index (χ0) is 27.2. The molecule has 0 atom stereocenters. The number of carbonyl (C=O) groups excluding carboxylic acids is 1. The summed E-state index contributed by atoms with van der Waals surface area (Å²) in [5.41, 5.74) is 4.45. The van der Waals surface area contributed by atoms with Crippen LogP contribution in [0.25, 0.3) is 0 Å². The summed E-state index contributed by atoms with van der Waals surface area (Å²) in [5, 5.41) is 0.726. The van der Waals surface area contributed by atoms with E-state index in [4.69, 9.17) is 4.98 Å². The number of carbonyl (C=O) groups is 1. The number of benzene rings is 3. The molecule has 1 aliphatic heterocycles. The van der Waals surface area contributed by atoms with E-state index < -0.39 is 0 Å². The second-order valence-electron chi connectivity index (χ2n) is 9.71. The molecular weight excluding hydrogens is 509 g/mol. The van der Waals surface area contributed by atoms with Gasteiger partial charge in [-0.15, -0.1) is 0 Å². The molecule has 1 saturated heterocycles. The molecule has 0 saturated carbocycles. The van der Waals surface area contributed by atoms with Crippen LogP contribution in [0.2, 0.25) is 0 Å². The molecule has 3 aromatic carbocycles. The first-order valence-corrected chi connectivity index (χ1v) is 14.1. The number of aryl methyl sites for hydroxylation is 1. The van der Waals surface area contributed by atoms with Gasteiger partial charge in [-0.1, -0.05) is 66.4 Å². The van der Waals surface area contributed by atoms with Gasteiger partial charge in [0.15, 0.2) is 5.16 Å². The van der Waals surface area contributed by atoms with Crippen LogP contribution in [0.5, 0.6) is 0 Å². The molecule has 1 aromatic heterocycles. The number of rotatable bonds is 8. The number of piperazine rings is 1. The largest absolute Gasteiger partial charge is 0.366 e. The van der Waals surface area contributed by atoms with Crippen LogP contribution >= 0.6 is 11.8 Å². The Labute approximate surface area is 233 Å². The Kier molecular flexibility index (Phi) is 8.42. The van der Waals surface area contributed by atoms with E-state index in [1.807, 2.05) is 86.8 Å². The van der Waals surface area contributed by atoms with Crippen molar-refractivity contribution in [1.29, 1.82) is 0 Å². The maximum Gasteiger partial charge on any atom is 0.253 e. The monoisotopic (exact) mass is 541 g/mol. The van der Waals surface area contributed by atoms with E-state index in [2.05, 4.69) is 14.8 Å². The van der Waals surface area contributed by atoms with E-state index in [1.165, 1.54) is 6.07 Å². The van der Waals surface area contributed by atoms with Crippen molar-refractivity contribution in [3.8, 4) is 0 Å². The number of hydrogen-bond donors (Lipinski definition) is 0. The Morgan fingerprint density at radius 1 is 0.872 bits per heavy atom. The summed E-state index contributed by atoms with van der Waals surface area (Å²) in [4.78, 5) is 28.4. The Morgan fingerprint density at radius 3 is 2.26 bits per heavy atom. The molecule has 0 spiro atoms. The van der Waals surface area contributed by atoms with Crippen molar-refractivity contribution in [2.75, 3.05) is 43.0 Å². The van der Waals surface area contributed by atoms with Crippen molar-refractivity contribution in [3.05, 3.63) is 113 Å². The Morgan fingerprint density at radius 2 is 1.54 bits per heavy atom. The van der Waals surface area contributed by atoms with E-state index in [9.17, 15) is 9.18 Å². The molecule has 2 heterocycles. The van der Waals surface area contributed by atoms with Crippen molar-refractivity contribution in [3.63, 3.8) is 0 Å². The average molecular weight is 542 g/mol. The highest BCUT2D eigenvalue weighted by molar-refractivity contribution is 7.98. The van der Waals surface area contributed by atoms with Crippen LogP contribution in [-0.2, 0) is 12.3 Å². The third kappa shape index (κ3) is 6.75. The second-order valence-corrected chi connectivity index (χ2v) is 10.7. The lowest BCUT2D eigenvalue weighted by molar-refractivity contribution is 0.0785. The quantitative estimate of drug-likeness (QED) is 0.207. The van der Waals surface area contributed by atoms with E-state index in [-0.39, 0.29) is 11.7 Å². The molecule has 39 heavy (non-hydrogen) atoms. The fourth-order valence-corrected chi connectivity index (χ4v) is 5.53. The number of amides is 1. The first-order chi connectivity index (χ1) is 19.0. The van der Waals surface area contributed by atoms with Crippen molar-refractivity contribution in [2.45, 2.75) is 24.4 Å². The summed E-state index contributed by atoms with van der Waals surface area (Å²) in [6.45, 7) is 5.56. The minimum absolute atomic E-state index is 0.000171. The van der Waals surface area contributed by atoms with Crippen molar-refractivity contribution < 1.29 is 9.18 Å². The SMILES string of the molecule is Cc1cc(N2CCN(c3ccccc3F)CC2)nc(SCc2ccc(C(=O)N(C)Cc3ccccc3)cc2)n1. The smallest absolute Gasteiger partial charge is 0.253 e. The fourth-order valence-electron chi connectivity index (χ4n) is 4.68. The number of hydrogen-bond acceptors (Lipinski definition) is 6. The minimum Gasteiger partial charge on any atom is -0.366 e. The van der Waals surface area contributed by atoms with Gasteiger partial charge in [-0.25, -0.2) is 14.4 Å². The summed E-state index contributed by atoms with van der Waals surface area (Å²) in [6.07, 6.45) is 0. The van der Waals surface area contributed by atoms with Crippen LogP contribution in [0.1, 0.15) is 27.2 Å². The highest BCUT2D eigenvalue weighted by Crippen LogP contribution is 2.26. The van der Waals surface area contributed by atoms with E-state index in [0.29, 0.717) is 23.5 Å². The van der Waals surface area contributed by atoms with Crippen molar-refractivity contribution >= 4 is 29.2 Å². The summed E-state index contributed by atoms with van der Waals surface area (Å²) >= 11 is 1.58. The predicted molar refractivity (Wildman–Crippen MR) is 156 cm³/mol. The molecule has 4 aromatic rings. The number of aromatic nitrogens is 2. The topological polar surface area (TPSA) is 52.6 Å². The molecule has 0 aliphatic carbocycles. The number of para-hydroxylation sites is 1. The number of anilines is 2. The molecule has 0 bridgehead atoms. The van der Waals surface area contributed by atoms with Crippen LogP contribution in [0.15, 0.2) is 90.1 Å². The normalized spacial score (nSPS) is 13.4. The lowest BCUT2D eigenvalue weighted by Crippen LogP contribution is -2.47. The summed E-state index contributed by atoms with van der Waals surface area (Å²) < 4.78 is 14.2. The van der Waals surface area contributed by atoms with Gasteiger partial charge in [0.1, 0.15) is 11.6 Å². The van der Waals surface area contributed by atoms with Crippen LogP contribution in [0, 0.1) is 12.7 Å². The van der Waals surface area contributed by atoms with Gasteiger partial charge in [-0.3, -0.25) is 4.79 Å². The first-order valence-electron chi connectivity index (χ1n) is 13.1. The molecule has 1 fully saturated rings. The van der Waals surface area contributed by atoms with E-state index in [1.54, 1.807) is 22.7 Å². The second kappa shape index (κ2) is 12.3. The maximum atomic E-state index is 14.2. The van der Waals surface area contributed by atoms with Gasteiger partial charge < -0.3 is 14.7 Å². The first kappa shape index (κ1) is 26.7. The molecule has 0 radical (unpaired) electrons. The molecule has 0 unspecified atom stereocenters.